The maximum absolute atomic E-state index is 12.8. The molecule has 2 aliphatic rings. The van der Waals surface area contributed by atoms with Crippen LogP contribution in [-0.4, -0.2) is 43.2 Å². The van der Waals surface area contributed by atoms with Gasteiger partial charge in [0.05, 0.1) is 10.6 Å². The summed E-state index contributed by atoms with van der Waals surface area (Å²) in [4.78, 5) is 22.0. The number of benzene rings is 1. The molecule has 0 atom stereocenters. The molecule has 1 aromatic carbocycles. The number of aliphatic imine (C=N–C) groups is 1. The minimum absolute atomic E-state index is 0.0972. The van der Waals surface area contributed by atoms with Crippen molar-refractivity contribution in [3.63, 3.8) is 0 Å². The van der Waals surface area contributed by atoms with E-state index in [2.05, 4.69) is 54.3 Å². The molecule has 4 N–H and O–H groups in total. The summed E-state index contributed by atoms with van der Waals surface area (Å²) >= 11 is 3.19. The summed E-state index contributed by atoms with van der Waals surface area (Å²) in [6, 6.07) is 8.19. The first-order valence-electron chi connectivity index (χ1n) is 10.2. The van der Waals surface area contributed by atoms with Crippen molar-refractivity contribution in [1.82, 2.24) is 10.2 Å². The first-order valence-corrected chi connectivity index (χ1v) is 12.0. The van der Waals surface area contributed by atoms with Gasteiger partial charge in [0, 0.05) is 59.2 Å². The summed E-state index contributed by atoms with van der Waals surface area (Å²) in [5.41, 5.74) is 11.4. The average molecular weight is 454 g/mol. The molecule has 31 heavy (non-hydrogen) atoms. The lowest BCUT2D eigenvalue weighted by atomic mass is 10.1. The standard InChI is InChI=1S/C23H27N5OS2/c1-14-8-15(2)10-17(9-14)27-16(3)26-12-20-22(24)18-11-19(31-21(18)13-30-20)23(29)28-6-4-25-5-7-28/h8-12,25,27H,3-7,13,24H2,1-2H3/b26-12-. The number of nitrogens with one attached hydrogen (secondary N) is 2. The number of carbonyl (C=O) groups is 1. The van der Waals surface area contributed by atoms with E-state index in [0.29, 0.717) is 11.5 Å². The zero-order chi connectivity index (χ0) is 22.0. The highest BCUT2D eigenvalue weighted by atomic mass is 32.2. The fourth-order valence-corrected chi connectivity index (χ4v) is 5.92. The highest BCUT2D eigenvalue weighted by molar-refractivity contribution is 8.03. The van der Waals surface area contributed by atoms with Crippen LogP contribution in [0.3, 0.4) is 0 Å². The van der Waals surface area contributed by atoms with Crippen LogP contribution >= 0.6 is 23.1 Å². The van der Waals surface area contributed by atoms with E-state index in [1.807, 2.05) is 11.0 Å². The molecular formula is C23H27N5OS2. The van der Waals surface area contributed by atoms with Gasteiger partial charge in [0.15, 0.2) is 0 Å². The summed E-state index contributed by atoms with van der Waals surface area (Å²) in [5, 5.41) is 6.51. The average Bonchev–Trinajstić information content (AvgIpc) is 3.18. The van der Waals surface area contributed by atoms with E-state index >= 15 is 0 Å². The third kappa shape index (κ3) is 5.03. The van der Waals surface area contributed by atoms with Crippen LogP contribution < -0.4 is 16.4 Å². The van der Waals surface area contributed by atoms with Gasteiger partial charge in [-0.1, -0.05) is 12.6 Å². The highest BCUT2D eigenvalue weighted by Crippen LogP contribution is 2.39. The molecule has 0 aliphatic carbocycles. The summed E-state index contributed by atoms with van der Waals surface area (Å²) in [7, 11) is 0. The molecule has 2 aromatic rings. The zero-order valence-corrected chi connectivity index (χ0v) is 19.5. The van der Waals surface area contributed by atoms with Crippen molar-refractivity contribution >= 4 is 46.6 Å². The van der Waals surface area contributed by atoms with Crippen LogP contribution in [0.1, 0.15) is 31.2 Å². The monoisotopic (exact) mass is 453 g/mol. The number of anilines is 1. The minimum atomic E-state index is 0.0972. The normalized spacial score (nSPS) is 16.5. The molecule has 0 bridgehead atoms. The number of thioether (sulfide) groups is 1. The zero-order valence-electron chi connectivity index (χ0n) is 17.8. The Morgan fingerprint density at radius 2 is 1.94 bits per heavy atom. The second kappa shape index (κ2) is 9.30. The van der Waals surface area contributed by atoms with Gasteiger partial charge < -0.3 is 21.3 Å². The minimum Gasteiger partial charge on any atom is -0.397 e. The molecule has 2 aliphatic heterocycles. The van der Waals surface area contributed by atoms with Crippen molar-refractivity contribution in [3.05, 3.63) is 68.0 Å². The van der Waals surface area contributed by atoms with E-state index in [9.17, 15) is 4.79 Å². The molecule has 1 aromatic heterocycles. The van der Waals surface area contributed by atoms with Gasteiger partial charge in [-0.2, -0.15) is 0 Å². The van der Waals surface area contributed by atoms with Gasteiger partial charge in [-0.15, -0.1) is 23.1 Å². The smallest absolute Gasteiger partial charge is 0.264 e. The molecule has 8 heteroatoms. The Morgan fingerprint density at radius 1 is 1.23 bits per heavy atom. The van der Waals surface area contributed by atoms with Crippen LogP contribution in [0, 0.1) is 13.8 Å². The number of aryl methyl sites for hydroxylation is 2. The van der Waals surface area contributed by atoms with E-state index in [1.165, 1.54) is 11.1 Å². The predicted octanol–water partition coefficient (Wildman–Crippen LogP) is 3.94. The Kier molecular flexibility index (Phi) is 6.50. The molecule has 162 valence electrons. The molecular weight excluding hydrogens is 426 g/mol. The Hall–Kier alpha value is -2.55. The summed E-state index contributed by atoms with van der Waals surface area (Å²) in [6.45, 7) is 11.3. The van der Waals surface area contributed by atoms with Crippen LogP contribution in [0.2, 0.25) is 0 Å². The summed E-state index contributed by atoms with van der Waals surface area (Å²) < 4.78 is 0. The molecule has 4 rings (SSSR count). The Bertz CT molecular complexity index is 1060. The molecule has 0 unspecified atom stereocenters. The van der Waals surface area contributed by atoms with Gasteiger partial charge >= 0.3 is 0 Å². The van der Waals surface area contributed by atoms with Crippen molar-refractivity contribution < 1.29 is 4.79 Å². The number of fused-ring (bicyclic) bond motifs is 1. The van der Waals surface area contributed by atoms with Crippen LogP contribution in [0.5, 0.6) is 0 Å². The van der Waals surface area contributed by atoms with E-state index in [1.54, 1.807) is 29.3 Å². The largest absolute Gasteiger partial charge is 0.397 e. The third-order valence-electron chi connectivity index (χ3n) is 5.19. The molecule has 0 saturated carbocycles. The Balaban J connectivity index is 1.47. The first-order chi connectivity index (χ1) is 14.9. The van der Waals surface area contributed by atoms with Gasteiger partial charge in [-0.3, -0.25) is 4.79 Å². The van der Waals surface area contributed by atoms with Gasteiger partial charge in [-0.05, 0) is 43.2 Å². The van der Waals surface area contributed by atoms with E-state index in [4.69, 9.17) is 5.73 Å². The van der Waals surface area contributed by atoms with Gasteiger partial charge in [0.1, 0.15) is 5.82 Å². The van der Waals surface area contributed by atoms with Crippen LogP contribution in [0.15, 0.2) is 46.6 Å². The van der Waals surface area contributed by atoms with Crippen LogP contribution in [0.4, 0.5) is 5.69 Å². The van der Waals surface area contributed by atoms with Crippen molar-refractivity contribution in [2.45, 2.75) is 19.6 Å². The molecule has 6 nitrogen and oxygen atoms in total. The van der Waals surface area contributed by atoms with Gasteiger partial charge in [0.25, 0.3) is 5.91 Å². The number of rotatable bonds is 5. The number of piperazine rings is 1. The topological polar surface area (TPSA) is 82.8 Å². The number of hydrogen-bond donors (Lipinski definition) is 3. The fraction of sp³-hybridized carbons (Fsp3) is 0.304. The Morgan fingerprint density at radius 3 is 2.65 bits per heavy atom. The second-order valence-corrected chi connectivity index (χ2v) is 9.92. The molecule has 0 radical (unpaired) electrons. The maximum Gasteiger partial charge on any atom is 0.264 e. The van der Waals surface area contributed by atoms with Crippen molar-refractivity contribution in [2.24, 2.45) is 10.7 Å². The van der Waals surface area contributed by atoms with Crippen molar-refractivity contribution in [2.75, 3.05) is 31.5 Å². The molecule has 1 saturated heterocycles. The highest BCUT2D eigenvalue weighted by Gasteiger charge is 2.25. The van der Waals surface area contributed by atoms with Gasteiger partial charge in [-0.25, -0.2) is 4.99 Å². The Labute approximate surface area is 191 Å². The van der Waals surface area contributed by atoms with E-state index in [0.717, 1.165) is 57.8 Å². The number of amides is 1. The maximum atomic E-state index is 12.8. The van der Waals surface area contributed by atoms with E-state index in [-0.39, 0.29) is 5.91 Å². The number of nitrogens with zero attached hydrogens (tertiary/aromatic N) is 2. The number of nitrogens with two attached hydrogens (primary N) is 1. The molecule has 1 amide bonds. The molecule has 0 spiro atoms. The number of thiophene rings is 1. The van der Waals surface area contributed by atoms with Gasteiger partial charge in [0.2, 0.25) is 0 Å². The van der Waals surface area contributed by atoms with E-state index < -0.39 is 0 Å². The SMILES string of the molecule is C=C(/N=C\C1=C(N)c2cc(C(=O)N3CCNCC3)sc2CS1)Nc1cc(C)cc(C)c1. The lowest BCUT2D eigenvalue weighted by Crippen LogP contribution is -2.46. The van der Waals surface area contributed by atoms with Crippen molar-refractivity contribution in [3.8, 4) is 0 Å². The molecule has 3 heterocycles. The lowest BCUT2D eigenvalue weighted by Gasteiger charge is -2.26. The summed E-state index contributed by atoms with van der Waals surface area (Å²) in [6.07, 6.45) is 1.76. The quantitative estimate of drug-likeness (QED) is 0.598. The molecule has 1 fully saturated rings. The number of allylic oxidation sites excluding steroid dienone is 1. The number of hydrogen-bond acceptors (Lipinski definition) is 7. The fourth-order valence-electron chi connectivity index (χ4n) is 3.74. The van der Waals surface area contributed by atoms with Crippen molar-refractivity contribution in [1.29, 1.82) is 0 Å². The first kappa shape index (κ1) is 21.7. The summed E-state index contributed by atoms with van der Waals surface area (Å²) in [5.74, 6) is 1.44. The number of carbonyl (C=O) groups excluding carboxylic acids is 1. The van der Waals surface area contributed by atoms with Crippen LogP contribution in [0.25, 0.3) is 5.70 Å². The second-order valence-electron chi connectivity index (χ2n) is 7.76. The lowest BCUT2D eigenvalue weighted by molar-refractivity contribution is 0.0740. The predicted molar refractivity (Wildman–Crippen MR) is 133 cm³/mol. The third-order valence-corrected chi connectivity index (χ3v) is 7.56. The van der Waals surface area contributed by atoms with Crippen LogP contribution in [-0.2, 0) is 5.75 Å².